The summed E-state index contributed by atoms with van der Waals surface area (Å²) in [5.74, 6) is 0.0848. The van der Waals surface area contributed by atoms with Gasteiger partial charge in [0, 0.05) is 17.6 Å². The van der Waals surface area contributed by atoms with Crippen LogP contribution in [0.15, 0.2) is 52.1 Å². The molecule has 1 amide bonds. The Morgan fingerprint density at radius 2 is 2.07 bits per heavy atom. The zero-order valence-corrected chi connectivity index (χ0v) is 16.9. The molecule has 9 nitrogen and oxygen atoms in total. The Bertz CT molecular complexity index is 1060. The molecule has 0 radical (unpaired) electrons. The van der Waals surface area contributed by atoms with E-state index in [1.165, 1.54) is 18.2 Å². The van der Waals surface area contributed by atoms with Crippen LogP contribution in [0.5, 0.6) is 5.75 Å². The molecule has 1 aromatic heterocycles. The van der Waals surface area contributed by atoms with Crippen molar-refractivity contribution in [3.8, 4) is 17.1 Å². The number of carbonyl (C=O) groups excluding carboxylic acids is 1. The number of hydrogen-bond acceptors (Lipinski definition) is 7. The van der Waals surface area contributed by atoms with E-state index in [2.05, 4.69) is 31.4 Å². The predicted molar refractivity (Wildman–Crippen MR) is 108 cm³/mol. The number of phenolic OH excluding ortho intramolecular Hbond substituents is 1. The van der Waals surface area contributed by atoms with Gasteiger partial charge in [-0.25, -0.2) is 0 Å². The highest BCUT2D eigenvalue weighted by atomic mass is 79.9. The maximum Gasteiger partial charge on any atom is 0.292 e. The van der Waals surface area contributed by atoms with Gasteiger partial charge in [0.05, 0.1) is 16.2 Å². The predicted octanol–water partition coefficient (Wildman–Crippen LogP) is 3.59. The second-order valence-electron chi connectivity index (χ2n) is 5.64. The fourth-order valence-corrected chi connectivity index (χ4v) is 3.49. The molecule has 0 saturated carbocycles. The fraction of sp³-hybridized carbons (Fsp3) is 0.118. The van der Waals surface area contributed by atoms with Gasteiger partial charge in [-0.2, -0.15) is 0 Å². The summed E-state index contributed by atoms with van der Waals surface area (Å²) in [7, 11) is 1.72. The normalized spacial score (nSPS) is 10.6. The van der Waals surface area contributed by atoms with Crippen molar-refractivity contribution >= 4 is 45.0 Å². The quantitative estimate of drug-likeness (QED) is 0.325. The van der Waals surface area contributed by atoms with E-state index in [1.54, 1.807) is 35.9 Å². The summed E-state index contributed by atoms with van der Waals surface area (Å²) in [5, 5.41) is 32.2. The van der Waals surface area contributed by atoms with Crippen molar-refractivity contribution in [2.24, 2.45) is 7.05 Å². The van der Waals surface area contributed by atoms with Crippen LogP contribution in [0.4, 0.5) is 11.4 Å². The van der Waals surface area contributed by atoms with Crippen LogP contribution in [0.25, 0.3) is 11.4 Å². The van der Waals surface area contributed by atoms with E-state index in [0.717, 1.165) is 16.2 Å². The number of para-hydroxylation sites is 2. The summed E-state index contributed by atoms with van der Waals surface area (Å²) in [6.45, 7) is 0. The molecule has 0 unspecified atom stereocenters. The third kappa shape index (κ3) is 4.31. The third-order valence-corrected chi connectivity index (χ3v) is 5.26. The van der Waals surface area contributed by atoms with Gasteiger partial charge in [0.15, 0.2) is 11.0 Å². The monoisotopic (exact) mass is 463 g/mol. The molecule has 0 saturated heterocycles. The van der Waals surface area contributed by atoms with E-state index >= 15 is 0 Å². The summed E-state index contributed by atoms with van der Waals surface area (Å²) in [6.07, 6.45) is 0. The van der Waals surface area contributed by atoms with Gasteiger partial charge in [-0.15, -0.1) is 10.2 Å². The molecule has 0 spiro atoms. The number of nitrogens with one attached hydrogen (secondary N) is 1. The van der Waals surface area contributed by atoms with E-state index < -0.39 is 10.8 Å². The summed E-state index contributed by atoms with van der Waals surface area (Å²) in [5.41, 5.74) is 0.461. The van der Waals surface area contributed by atoms with E-state index in [9.17, 15) is 20.0 Å². The van der Waals surface area contributed by atoms with E-state index in [1.807, 2.05) is 0 Å². The zero-order valence-electron chi connectivity index (χ0n) is 14.5. The lowest BCUT2D eigenvalue weighted by atomic mass is 10.2. The van der Waals surface area contributed by atoms with Crippen LogP contribution in [0, 0.1) is 10.1 Å². The molecule has 1 heterocycles. The Labute approximate surface area is 172 Å². The number of nitro groups is 1. The average molecular weight is 464 g/mol. The maximum atomic E-state index is 12.2. The number of phenols is 1. The van der Waals surface area contributed by atoms with Crippen molar-refractivity contribution in [1.82, 2.24) is 14.8 Å². The number of hydrogen-bond donors (Lipinski definition) is 2. The molecule has 0 aliphatic heterocycles. The van der Waals surface area contributed by atoms with E-state index in [-0.39, 0.29) is 22.9 Å². The van der Waals surface area contributed by atoms with E-state index in [4.69, 9.17) is 0 Å². The molecule has 2 aromatic carbocycles. The van der Waals surface area contributed by atoms with Gasteiger partial charge in [-0.3, -0.25) is 14.9 Å². The molecule has 28 heavy (non-hydrogen) atoms. The van der Waals surface area contributed by atoms with Gasteiger partial charge < -0.3 is 15.0 Å². The average Bonchev–Trinajstić information content (AvgIpc) is 3.02. The number of carbonyl (C=O) groups is 1. The topological polar surface area (TPSA) is 123 Å². The number of amides is 1. The molecule has 0 fully saturated rings. The van der Waals surface area contributed by atoms with Crippen molar-refractivity contribution in [2.75, 3.05) is 11.1 Å². The van der Waals surface area contributed by atoms with Crippen LogP contribution in [0.1, 0.15) is 0 Å². The lowest BCUT2D eigenvalue weighted by molar-refractivity contribution is -0.383. The van der Waals surface area contributed by atoms with Crippen molar-refractivity contribution in [1.29, 1.82) is 0 Å². The summed E-state index contributed by atoms with van der Waals surface area (Å²) in [4.78, 5) is 22.7. The van der Waals surface area contributed by atoms with Crippen LogP contribution < -0.4 is 5.32 Å². The standard InChI is InChI=1S/C17H14BrN5O4S/c1-22-16(11-8-10(18)6-7-14(11)24)20-21-17(22)28-9-15(25)19-12-4-2-3-5-13(12)23(26)27/h2-8,24H,9H2,1H3,(H,19,25). The van der Waals surface area contributed by atoms with Gasteiger partial charge >= 0.3 is 0 Å². The smallest absolute Gasteiger partial charge is 0.292 e. The number of benzene rings is 2. The molecule has 0 bridgehead atoms. The highest BCUT2D eigenvalue weighted by molar-refractivity contribution is 9.10. The summed E-state index contributed by atoms with van der Waals surface area (Å²) in [6, 6.07) is 10.9. The van der Waals surface area contributed by atoms with Gasteiger partial charge in [-0.05, 0) is 24.3 Å². The first kappa shape index (κ1) is 19.8. The molecule has 0 aliphatic rings. The van der Waals surface area contributed by atoms with E-state index in [0.29, 0.717) is 16.5 Å². The van der Waals surface area contributed by atoms with Crippen LogP contribution in [-0.4, -0.2) is 36.5 Å². The number of aromatic nitrogens is 3. The number of aromatic hydroxyl groups is 1. The zero-order chi connectivity index (χ0) is 20.3. The number of thioether (sulfide) groups is 1. The summed E-state index contributed by atoms with van der Waals surface area (Å²) >= 11 is 4.48. The Morgan fingerprint density at radius 1 is 1.32 bits per heavy atom. The number of nitrogens with zero attached hydrogens (tertiary/aromatic N) is 4. The largest absolute Gasteiger partial charge is 0.507 e. The van der Waals surface area contributed by atoms with Crippen LogP contribution in [-0.2, 0) is 11.8 Å². The lowest BCUT2D eigenvalue weighted by Gasteiger charge is -2.07. The first-order valence-electron chi connectivity index (χ1n) is 7.91. The SMILES string of the molecule is Cn1c(SCC(=O)Nc2ccccc2[N+](=O)[O-])nnc1-c1cc(Br)ccc1O. The molecule has 3 rings (SSSR count). The highest BCUT2D eigenvalue weighted by Gasteiger charge is 2.18. The van der Waals surface area contributed by atoms with Crippen LogP contribution in [0.2, 0.25) is 0 Å². The van der Waals surface area contributed by atoms with Gasteiger partial charge in [0.25, 0.3) is 5.69 Å². The van der Waals surface area contributed by atoms with Gasteiger partial charge in [0.2, 0.25) is 5.91 Å². The molecular weight excluding hydrogens is 450 g/mol. The van der Waals surface area contributed by atoms with Crippen LogP contribution >= 0.6 is 27.7 Å². The minimum atomic E-state index is -0.553. The first-order chi connectivity index (χ1) is 13.4. The number of halogens is 1. The molecule has 0 atom stereocenters. The molecule has 11 heteroatoms. The van der Waals surface area contributed by atoms with Crippen molar-refractivity contribution < 1.29 is 14.8 Å². The summed E-state index contributed by atoms with van der Waals surface area (Å²) < 4.78 is 2.44. The number of nitro benzene ring substituents is 1. The lowest BCUT2D eigenvalue weighted by Crippen LogP contribution is -2.15. The third-order valence-electron chi connectivity index (χ3n) is 3.74. The highest BCUT2D eigenvalue weighted by Crippen LogP contribution is 2.32. The molecule has 3 aromatic rings. The Hall–Kier alpha value is -2.92. The molecule has 0 aliphatic carbocycles. The molecule has 2 N–H and O–H groups in total. The van der Waals surface area contributed by atoms with Gasteiger partial charge in [-0.1, -0.05) is 39.8 Å². The van der Waals surface area contributed by atoms with Crippen molar-refractivity contribution in [3.63, 3.8) is 0 Å². The van der Waals surface area contributed by atoms with Crippen LogP contribution in [0.3, 0.4) is 0 Å². The maximum absolute atomic E-state index is 12.2. The first-order valence-corrected chi connectivity index (χ1v) is 9.69. The minimum Gasteiger partial charge on any atom is -0.507 e. The number of rotatable bonds is 6. The fourth-order valence-electron chi connectivity index (χ4n) is 2.42. The minimum absolute atomic E-state index is 0.0114. The molecule has 144 valence electrons. The van der Waals surface area contributed by atoms with Crippen molar-refractivity contribution in [2.45, 2.75) is 5.16 Å². The Kier molecular flexibility index (Phi) is 5.95. The number of anilines is 1. The second kappa shape index (κ2) is 8.40. The van der Waals surface area contributed by atoms with Gasteiger partial charge in [0.1, 0.15) is 11.4 Å². The molecular formula is C17H14BrN5O4S. The Morgan fingerprint density at radius 3 is 2.82 bits per heavy atom. The Balaban J connectivity index is 1.71. The second-order valence-corrected chi connectivity index (χ2v) is 7.50. The van der Waals surface area contributed by atoms with Crippen molar-refractivity contribution in [3.05, 3.63) is 57.1 Å².